The molecule has 23 heavy (non-hydrogen) atoms. The minimum atomic E-state index is -0.385. The Bertz CT molecular complexity index is 709. The first-order valence-electron chi connectivity index (χ1n) is 7.03. The second kappa shape index (κ2) is 7.51. The Morgan fingerprint density at radius 1 is 1.13 bits per heavy atom. The van der Waals surface area contributed by atoms with E-state index in [0.29, 0.717) is 20.9 Å². The molecule has 0 saturated carbocycles. The Kier molecular flexibility index (Phi) is 5.89. The molecule has 0 bridgehead atoms. The smallest absolute Gasteiger partial charge is 0.237 e. The molecule has 4 nitrogen and oxygen atoms in total. The van der Waals surface area contributed by atoms with Gasteiger partial charge in [0.15, 0.2) is 5.16 Å². The molecule has 0 aliphatic carbocycles. The van der Waals surface area contributed by atoms with Crippen LogP contribution in [0.25, 0.3) is 0 Å². The SMILES string of the molecule is Cc1nc(S[C@H](C)C(=O)Nc2c(Cl)cccc2Cl)nc(C)c1C. The van der Waals surface area contributed by atoms with Crippen LogP contribution in [-0.2, 0) is 4.79 Å². The first-order chi connectivity index (χ1) is 10.8. The highest BCUT2D eigenvalue weighted by Crippen LogP contribution is 2.31. The van der Waals surface area contributed by atoms with Crippen LogP contribution >= 0.6 is 35.0 Å². The maximum Gasteiger partial charge on any atom is 0.237 e. The van der Waals surface area contributed by atoms with Crippen LogP contribution in [0.4, 0.5) is 5.69 Å². The lowest BCUT2D eigenvalue weighted by Crippen LogP contribution is -2.23. The first kappa shape index (κ1) is 18.0. The van der Waals surface area contributed by atoms with Crippen molar-refractivity contribution in [3.8, 4) is 0 Å². The fourth-order valence-electron chi connectivity index (χ4n) is 1.85. The zero-order chi connectivity index (χ0) is 17.1. The molecule has 1 amide bonds. The van der Waals surface area contributed by atoms with Gasteiger partial charge in [-0.05, 0) is 45.4 Å². The monoisotopic (exact) mass is 369 g/mol. The summed E-state index contributed by atoms with van der Waals surface area (Å²) in [6.45, 7) is 7.64. The molecule has 1 atom stereocenters. The van der Waals surface area contributed by atoms with E-state index in [-0.39, 0.29) is 11.2 Å². The second-order valence-corrected chi connectivity index (χ2v) is 7.27. The third-order valence-corrected chi connectivity index (χ3v) is 5.07. The summed E-state index contributed by atoms with van der Waals surface area (Å²) in [4.78, 5) is 21.2. The molecule has 0 radical (unpaired) electrons. The van der Waals surface area contributed by atoms with Gasteiger partial charge in [-0.3, -0.25) is 4.79 Å². The van der Waals surface area contributed by atoms with Crippen molar-refractivity contribution in [1.29, 1.82) is 0 Å². The number of rotatable bonds is 4. The van der Waals surface area contributed by atoms with E-state index < -0.39 is 0 Å². The standard InChI is InChI=1S/C16H17Cl2N3OS/c1-8-9(2)19-16(20-10(8)3)23-11(4)15(22)21-14-12(17)6-5-7-13(14)18/h5-7,11H,1-4H3,(H,21,22)/t11-/m1/s1. The summed E-state index contributed by atoms with van der Waals surface area (Å²) in [5.41, 5.74) is 3.32. The highest BCUT2D eigenvalue weighted by atomic mass is 35.5. The highest BCUT2D eigenvalue weighted by molar-refractivity contribution is 8.00. The molecule has 7 heteroatoms. The Morgan fingerprint density at radius 2 is 1.65 bits per heavy atom. The first-order valence-corrected chi connectivity index (χ1v) is 8.66. The zero-order valence-corrected chi connectivity index (χ0v) is 15.6. The van der Waals surface area contributed by atoms with Gasteiger partial charge in [-0.15, -0.1) is 0 Å². The van der Waals surface area contributed by atoms with Gasteiger partial charge in [-0.1, -0.05) is 41.0 Å². The van der Waals surface area contributed by atoms with Crippen LogP contribution in [0.5, 0.6) is 0 Å². The fraction of sp³-hybridized carbons (Fsp3) is 0.312. The van der Waals surface area contributed by atoms with Crippen LogP contribution < -0.4 is 5.32 Å². The molecule has 0 aliphatic heterocycles. The number of carbonyl (C=O) groups excluding carboxylic acids is 1. The van der Waals surface area contributed by atoms with Gasteiger partial charge in [0.25, 0.3) is 0 Å². The lowest BCUT2D eigenvalue weighted by atomic mass is 10.2. The van der Waals surface area contributed by atoms with Crippen molar-refractivity contribution in [2.75, 3.05) is 5.32 Å². The molecule has 2 aromatic rings. The molecule has 2 rings (SSSR count). The predicted octanol–water partition coefficient (Wildman–Crippen LogP) is 4.83. The summed E-state index contributed by atoms with van der Waals surface area (Å²) in [6.07, 6.45) is 0. The van der Waals surface area contributed by atoms with E-state index in [9.17, 15) is 4.79 Å². The van der Waals surface area contributed by atoms with E-state index in [1.165, 1.54) is 11.8 Å². The van der Waals surface area contributed by atoms with E-state index in [1.807, 2.05) is 20.8 Å². The van der Waals surface area contributed by atoms with Crippen molar-refractivity contribution in [3.05, 3.63) is 45.2 Å². The Balaban J connectivity index is 2.12. The molecular formula is C16H17Cl2N3OS. The van der Waals surface area contributed by atoms with Gasteiger partial charge in [0, 0.05) is 11.4 Å². The number of anilines is 1. The lowest BCUT2D eigenvalue weighted by molar-refractivity contribution is -0.115. The predicted molar refractivity (Wildman–Crippen MR) is 96.7 cm³/mol. The largest absolute Gasteiger partial charge is 0.323 e. The van der Waals surface area contributed by atoms with Crippen LogP contribution in [0.3, 0.4) is 0 Å². The van der Waals surface area contributed by atoms with E-state index in [2.05, 4.69) is 15.3 Å². The summed E-state index contributed by atoms with van der Waals surface area (Å²) in [5.74, 6) is -0.204. The Labute approximate surface area is 150 Å². The number of hydrogen-bond acceptors (Lipinski definition) is 4. The van der Waals surface area contributed by atoms with Crippen molar-refractivity contribution >= 4 is 46.6 Å². The van der Waals surface area contributed by atoms with Crippen molar-refractivity contribution in [2.24, 2.45) is 0 Å². The molecule has 0 saturated heterocycles. The van der Waals surface area contributed by atoms with Gasteiger partial charge < -0.3 is 5.32 Å². The Hall–Kier alpha value is -1.30. The van der Waals surface area contributed by atoms with Gasteiger partial charge in [0.2, 0.25) is 5.91 Å². The lowest BCUT2D eigenvalue weighted by Gasteiger charge is -2.14. The third-order valence-electron chi connectivity index (χ3n) is 3.47. The number of nitrogens with one attached hydrogen (secondary N) is 1. The summed E-state index contributed by atoms with van der Waals surface area (Å²) in [5, 5.41) is 3.76. The number of carbonyl (C=O) groups is 1. The van der Waals surface area contributed by atoms with E-state index >= 15 is 0 Å². The average molecular weight is 370 g/mol. The number of nitrogens with zero attached hydrogens (tertiary/aromatic N) is 2. The second-order valence-electron chi connectivity index (χ2n) is 5.15. The molecule has 0 fully saturated rings. The quantitative estimate of drug-likeness (QED) is 0.619. The minimum absolute atomic E-state index is 0.204. The zero-order valence-electron chi connectivity index (χ0n) is 13.3. The summed E-state index contributed by atoms with van der Waals surface area (Å²) >= 11 is 13.4. The molecule has 1 heterocycles. The van der Waals surface area contributed by atoms with Crippen LogP contribution in [0, 0.1) is 20.8 Å². The van der Waals surface area contributed by atoms with Crippen LogP contribution in [-0.4, -0.2) is 21.1 Å². The van der Waals surface area contributed by atoms with Gasteiger partial charge in [-0.2, -0.15) is 0 Å². The molecule has 0 aliphatic rings. The average Bonchev–Trinajstić information content (AvgIpc) is 2.48. The molecule has 1 aromatic heterocycles. The van der Waals surface area contributed by atoms with Crippen LogP contribution in [0.1, 0.15) is 23.9 Å². The van der Waals surface area contributed by atoms with Gasteiger partial charge >= 0.3 is 0 Å². The highest BCUT2D eigenvalue weighted by Gasteiger charge is 2.19. The summed E-state index contributed by atoms with van der Waals surface area (Å²) in [6, 6.07) is 5.08. The van der Waals surface area contributed by atoms with Crippen molar-refractivity contribution in [1.82, 2.24) is 9.97 Å². The minimum Gasteiger partial charge on any atom is -0.323 e. The molecule has 0 spiro atoms. The van der Waals surface area contributed by atoms with Gasteiger partial charge in [0.1, 0.15) is 0 Å². The number of para-hydroxylation sites is 1. The van der Waals surface area contributed by atoms with E-state index in [1.54, 1.807) is 25.1 Å². The molecule has 1 N–H and O–H groups in total. The van der Waals surface area contributed by atoms with Crippen molar-refractivity contribution in [3.63, 3.8) is 0 Å². The molecule has 1 aromatic carbocycles. The maximum atomic E-state index is 12.4. The summed E-state index contributed by atoms with van der Waals surface area (Å²) < 4.78 is 0. The van der Waals surface area contributed by atoms with Crippen LogP contribution in [0.2, 0.25) is 10.0 Å². The third kappa shape index (κ3) is 4.37. The van der Waals surface area contributed by atoms with Crippen molar-refractivity contribution < 1.29 is 4.79 Å². The number of hydrogen-bond donors (Lipinski definition) is 1. The molecule has 122 valence electrons. The van der Waals surface area contributed by atoms with E-state index in [0.717, 1.165) is 17.0 Å². The number of benzene rings is 1. The maximum absolute atomic E-state index is 12.4. The number of thioether (sulfide) groups is 1. The Morgan fingerprint density at radius 3 is 2.17 bits per heavy atom. The van der Waals surface area contributed by atoms with Crippen LogP contribution in [0.15, 0.2) is 23.4 Å². The van der Waals surface area contributed by atoms with Gasteiger partial charge in [0.05, 0.1) is 21.0 Å². The number of amides is 1. The van der Waals surface area contributed by atoms with Gasteiger partial charge in [-0.25, -0.2) is 9.97 Å². The fourth-order valence-corrected chi connectivity index (χ4v) is 3.20. The topological polar surface area (TPSA) is 54.9 Å². The number of aromatic nitrogens is 2. The number of aryl methyl sites for hydroxylation is 2. The summed E-state index contributed by atoms with van der Waals surface area (Å²) in [7, 11) is 0. The number of halogens is 2. The molecule has 0 unspecified atom stereocenters. The van der Waals surface area contributed by atoms with E-state index in [4.69, 9.17) is 23.2 Å². The normalized spacial score (nSPS) is 12.1. The van der Waals surface area contributed by atoms with Crippen molar-refractivity contribution in [2.45, 2.75) is 38.1 Å². The molecular weight excluding hydrogens is 353 g/mol.